The summed E-state index contributed by atoms with van der Waals surface area (Å²) >= 11 is -7.88. The van der Waals surface area contributed by atoms with Crippen LogP contribution in [-0.2, 0) is 15.0 Å². The normalized spacial score (nSPS) is 5.56. The molecule has 9 heteroatoms. The molecule has 0 aromatic rings. The SMILES string of the molecule is O=[As](=O)[O-].O=[As](=O)[O-].[Pb+2]. The standard InChI is InChI=1S/2AsHO3.Pb/c2*2-1(3)4;/h2*(H,2,3,4);/q;;+2/p-2. The largest absolute Gasteiger partial charge is 2.00 e. The Bertz CT molecular complexity index is 128. The van der Waals surface area contributed by atoms with Gasteiger partial charge < -0.3 is 0 Å². The van der Waals surface area contributed by atoms with Gasteiger partial charge in [0, 0.05) is 0 Å². The zero-order valence-electron chi connectivity index (χ0n) is 3.84. The predicted molar refractivity (Wildman–Crippen MR) is 20.0 cm³/mol. The molecular weight excluding hydrogens is 453 g/mol. The van der Waals surface area contributed by atoms with Crippen LogP contribution < -0.4 is 8.19 Å². The van der Waals surface area contributed by atoms with Crippen molar-refractivity contribution in [2.75, 3.05) is 0 Å². The molecule has 0 aromatic heterocycles. The molecule has 0 heterocycles. The molecule has 0 fully saturated rings. The molecule has 0 spiro atoms. The Morgan fingerprint density at radius 1 is 0.778 bits per heavy atom. The number of rotatable bonds is 0. The molecule has 0 N–H and O–H groups in total. The second-order valence-corrected chi connectivity index (χ2v) is 2.32. The van der Waals surface area contributed by atoms with Gasteiger partial charge in [0.15, 0.2) is 0 Å². The Kier molecular flexibility index (Phi) is 22.0. The summed E-state index contributed by atoms with van der Waals surface area (Å²) in [6, 6.07) is 0. The van der Waals surface area contributed by atoms with Gasteiger partial charge in [-0.05, 0) is 0 Å². The van der Waals surface area contributed by atoms with Crippen LogP contribution >= 0.6 is 0 Å². The van der Waals surface area contributed by atoms with Gasteiger partial charge in [0.05, 0.1) is 0 Å². The third kappa shape index (κ3) is 349. The average Bonchev–Trinajstić information content (AvgIpc) is 1.25. The predicted octanol–water partition coefficient (Wildman–Crippen LogP) is -4.00. The summed E-state index contributed by atoms with van der Waals surface area (Å²) in [5.74, 6) is 0. The second-order valence-electron chi connectivity index (χ2n) is 0.447. The van der Waals surface area contributed by atoms with Crippen LogP contribution in [0.4, 0.5) is 0 Å². The Morgan fingerprint density at radius 2 is 0.778 bits per heavy atom. The van der Waals surface area contributed by atoms with Crippen molar-refractivity contribution in [2.24, 2.45) is 0 Å². The molecule has 0 unspecified atom stereocenters. The maximum Gasteiger partial charge on any atom is 2.00 e. The van der Waals surface area contributed by atoms with E-state index >= 15 is 0 Å². The molecule has 0 atom stereocenters. The van der Waals surface area contributed by atoms with E-state index in [1.807, 2.05) is 0 Å². The van der Waals surface area contributed by atoms with Crippen LogP contribution in [0.2, 0.25) is 0 Å². The molecule has 2 radical (unpaired) electrons. The first-order valence-corrected chi connectivity index (χ1v) is 5.69. The van der Waals surface area contributed by atoms with E-state index in [0.717, 1.165) is 0 Å². The van der Waals surface area contributed by atoms with E-state index in [9.17, 15) is 0 Å². The Balaban J connectivity index is -0.0000000720. The van der Waals surface area contributed by atoms with Crippen molar-refractivity contribution < 1.29 is 23.1 Å². The van der Waals surface area contributed by atoms with Crippen LogP contribution in [0.3, 0.4) is 0 Å². The van der Waals surface area contributed by atoms with Gasteiger partial charge in [-0.3, -0.25) is 0 Å². The summed E-state index contributed by atoms with van der Waals surface area (Å²) in [6.45, 7) is 0. The third-order valence-electron chi connectivity index (χ3n) is 0. The summed E-state index contributed by atoms with van der Waals surface area (Å²) < 4.78 is 51.4. The van der Waals surface area contributed by atoms with Crippen LogP contribution in [0, 0.1) is 0 Å². The van der Waals surface area contributed by atoms with Crippen molar-refractivity contribution >= 4 is 57.0 Å². The molecule has 0 bridgehead atoms. The smallest absolute Gasteiger partial charge is 2.00 e. The molecule has 9 heavy (non-hydrogen) atoms. The molecule has 0 amide bonds. The summed E-state index contributed by atoms with van der Waals surface area (Å²) in [6.07, 6.45) is 0. The fourth-order valence-corrected chi connectivity index (χ4v) is 0. The van der Waals surface area contributed by atoms with Crippen molar-refractivity contribution in [3.63, 3.8) is 0 Å². The van der Waals surface area contributed by atoms with Gasteiger partial charge in [-0.2, -0.15) is 0 Å². The Hall–Kier alpha value is 1.16. The van der Waals surface area contributed by atoms with Crippen molar-refractivity contribution in [1.82, 2.24) is 0 Å². The molecule has 0 saturated carbocycles. The van der Waals surface area contributed by atoms with Gasteiger partial charge in [-0.1, -0.05) is 0 Å². The monoisotopic (exact) mass is 454 g/mol. The summed E-state index contributed by atoms with van der Waals surface area (Å²) in [4.78, 5) is 0. The maximum atomic E-state index is 8.56. The molecule has 0 aliphatic carbocycles. The summed E-state index contributed by atoms with van der Waals surface area (Å²) in [5, 5.41) is 0. The molecule has 50 valence electrons. The Morgan fingerprint density at radius 3 is 0.778 bits per heavy atom. The van der Waals surface area contributed by atoms with Crippen molar-refractivity contribution in [3.8, 4) is 0 Å². The summed E-state index contributed by atoms with van der Waals surface area (Å²) in [7, 11) is 0. The quantitative estimate of drug-likeness (QED) is 0.346. The van der Waals surface area contributed by atoms with Crippen LogP contribution in [0.25, 0.3) is 0 Å². The minimum Gasteiger partial charge on any atom is 2.00 e. The van der Waals surface area contributed by atoms with Gasteiger partial charge >= 0.3 is 80.2 Å². The minimum absolute atomic E-state index is 0. The first-order valence-electron chi connectivity index (χ1n) is 1.10. The Labute approximate surface area is 79.5 Å². The summed E-state index contributed by atoms with van der Waals surface area (Å²) in [5.41, 5.74) is 0. The number of hydrogen-bond donors (Lipinski definition) is 0. The van der Waals surface area contributed by atoms with E-state index in [-0.39, 0.29) is 27.3 Å². The van der Waals surface area contributed by atoms with Gasteiger partial charge in [0.1, 0.15) is 0 Å². The minimum atomic E-state index is -3.94. The van der Waals surface area contributed by atoms with Crippen LogP contribution in [-0.4, -0.2) is 57.0 Å². The number of hydrogen-bond acceptors (Lipinski definition) is 6. The van der Waals surface area contributed by atoms with E-state index in [2.05, 4.69) is 0 Å². The van der Waals surface area contributed by atoms with Gasteiger partial charge in [-0.15, -0.1) is 0 Å². The first-order chi connectivity index (χ1) is 3.46. The molecule has 0 aliphatic rings. The van der Waals surface area contributed by atoms with E-state index in [4.69, 9.17) is 23.1 Å². The zero-order chi connectivity index (χ0) is 7.15. The van der Waals surface area contributed by atoms with E-state index in [0.29, 0.717) is 0 Å². The fourth-order valence-electron chi connectivity index (χ4n) is 0. The van der Waals surface area contributed by atoms with Crippen molar-refractivity contribution in [1.29, 1.82) is 0 Å². The topological polar surface area (TPSA) is 114 Å². The van der Waals surface area contributed by atoms with E-state index in [1.165, 1.54) is 0 Å². The molecule has 6 nitrogen and oxygen atoms in total. The van der Waals surface area contributed by atoms with Crippen molar-refractivity contribution in [2.45, 2.75) is 0 Å². The zero-order valence-corrected chi connectivity index (χ0v) is 11.5. The van der Waals surface area contributed by atoms with E-state index < -0.39 is 29.7 Å². The van der Waals surface area contributed by atoms with Crippen molar-refractivity contribution in [3.05, 3.63) is 0 Å². The molecule has 0 aliphatic heterocycles. The van der Waals surface area contributed by atoms with Crippen LogP contribution in [0.5, 0.6) is 0 Å². The fraction of sp³-hybridized carbons (Fsp3) is 0. The average molecular weight is 453 g/mol. The molecule has 0 rings (SSSR count). The molecule has 0 saturated heterocycles. The van der Waals surface area contributed by atoms with Gasteiger partial charge in [-0.25, -0.2) is 0 Å². The van der Waals surface area contributed by atoms with E-state index in [1.54, 1.807) is 0 Å². The van der Waals surface area contributed by atoms with Gasteiger partial charge in [0.2, 0.25) is 0 Å². The molecular formula is As2O6Pb. The first kappa shape index (κ1) is 16.6. The third-order valence-corrected chi connectivity index (χ3v) is 0. The molecule has 0 aromatic carbocycles. The second kappa shape index (κ2) is 11.9. The van der Waals surface area contributed by atoms with Crippen LogP contribution in [0.15, 0.2) is 0 Å². The van der Waals surface area contributed by atoms with Gasteiger partial charge in [0.25, 0.3) is 0 Å². The maximum absolute atomic E-state index is 8.56. The van der Waals surface area contributed by atoms with Crippen LogP contribution in [0.1, 0.15) is 0 Å².